The van der Waals surface area contributed by atoms with Gasteiger partial charge in [0.05, 0.1) is 13.2 Å². The lowest BCUT2D eigenvalue weighted by atomic mass is 9.81. The molecular weight excluding hydrogens is 881 g/mol. The van der Waals surface area contributed by atoms with E-state index in [0.717, 1.165) is 38.5 Å². The number of hydrogen-bond acceptors (Lipinski definition) is 10. The van der Waals surface area contributed by atoms with Gasteiger partial charge in [0.2, 0.25) is 0 Å². The molecule has 0 heterocycles. The Morgan fingerprint density at radius 3 is 1.13 bits per heavy atom. The number of hydrogen-bond donors (Lipinski definition) is 5. The monoisotopic (exact) mass is 977 g/mol. The molecule has 3 unspecified atom stereocenters. The summed E-state index contributed by atoms with van der Waals surface area (Å²) in [5.74, 6) is 0.614. The van der Waals surface area contributed by atoms with Crippen LogP contribution in [0.2, 0.25) is 0 Å². The highest BCUT2D eigenvalue weighted by molar-refractivity contribution is 7.96. The summed E-state index contributed by atoms with van der Waals surface area (Å²) in [7, 11) is 0. The van der Waals surface area contributed by atoms with Crippen LogP contribution in [0.1, 0.15) is 258 Å². The fourth-order valence-corrected chi connectivity index (χ4v) is 9.87. The minimum atomic E-state index is -1.41. The number of ether oxygens (including phenoxy) is 2. The largest absolute Gasteiger partial charge is 0.465 e. The van der Waals surface area contributed by atoms with E-state index in [1.54, 1.807) is 0 Å². The zero-order valence-corrected chi connectivity index (χ0v) is 44.9. The molecule has 0 aliphatic rings. The van der Waals surface area contributed by atoms with Crippen LogP contribution in [0.5, 0.6) is 0 Å². The van der Waals surface area contributed by atoms with Crippen molar-refractivity contribution in [2.24, 2.45) is 5.92 Å². The highest BCUT2D eigenvalue weighted by Crippen LogP contribution is 2.38. The first-order valence-corrected chi connectivity index (χ1v) is 28.6. The van der Waals surface area contributed by atoms with Crippen molar-refractivity contribution in [3.8, 4) is 0 Å². The first-order valence-electron chi connectivity index (χ1n) is 26.0. The third-order valence-corrected chi connectivity index (χ3v) is 15.7. The van der Waals surface area contributed by atoms with Crippen LogP contribution in [0.4, 0.5) is 0 Å². The molecule has 0 rings (SSSR count). The summed E-state index contributed by atoms with van der Waals surface area (Å²) in [4.78, 5) is 50.8. The summed E-state index contributed by atoms with van der Waals surface area (Å²) in [5.41, 5.74) is 0.148. The van der Waals surface area contributed by atoms with Gasteiger partial charge in [0.1, 0.15) is 15.4 Å². The second-order valence-corrected chi connectivity index (χ2v) is 21.3. The number of esters is 2. The molecule has 0 radical (unpaired) electrons. The molecule has 370 valence electrons. The van der Waals surface area contributed by atoms with E-state index in [2.05, 4.69) is 51.7 Å². The maximum Gasteiger partial charge on any atom is 0.323 e. The SMILES string of the molecule is CCCCCCCCCCCCCCCCCCOC(=O)C(S)(CS)CCCCCC(C(=C=O)CC(=O)S)C(S)(CS)C(=O)OCCCCCCCCCCCCCCCCCC. The van der Waals surface area contributed by atoms with Crippen molar-refractivity contribution in [1.82, 2.24) is 0 Å². The molecule has 0 aromatic heterocycles. The van der Waals surface area contributed by atoms with Crippen LogP contribution in [0.3, 0.4) is 0 Å². The molecule has 0 aromatic rings. The van der Waals surface area contributed by atoms with Crippen LogP contribution in [0.15, 0.2) is 5.57 Å². The predicted molar refractivity (Wildman–Crippen MR) is 287 cm³/mol. The Morgan fingerprint density at radius 2 is 0.810 bits per heavy atom. The molecule has 63 heavy (non-hydrogen) atoms. The fourth-order valence-electron chi connectivity index (χ4n) is 8.49. The lowest BCUT2D eigenvalue weighted by molar-refractivity contribution is -0.147. The lowest BCUT2D eigenvalue weighted by Crippen LogP contribution is -2.45. The molecule has 0 spiro atoms. The van der Waals surface area contributed by atoms with Crippen molar-refractivity contribution in [3.63, 3.8) is 0 Å². The number of unbranched alkanes of at least 4 members (excludes halogenated alkanes) is 32. The van der Waals surface area contributed by atoms with Crippen LogP contribution < -0.4 is 0 Å². The standard InChI is InChI=1S/C52H96O6S5/c1-3-5-7-9-11-13-15-17-19-21-23-25-27-29-31-36-40-57-49(55)51(62,44-59)39-35-33-34-38-47(46(43-53)42-48(54)61)52(63,45-60)50(56)58-41-37-32-30-28-26-24-22-20-18-16-14-12-10-8-6-4-2/h47,59-60,62-63H,3-42,44-45H2,1-2H3,(H,54,61). The van der Waals surface area contributed by atoms with Crippen LogP contribution in [0, 0.1) is 5.92 Å². The van der Waals surface area contributed by atoms with Gasteiger partial charge < -0.3 is 9.47 Å². The van der Waals surface area contributed by atoms with Crippen molar-refractivity contribution in [3.05, 3.63) is 5.57 Å². The first-order chi connectivity index (χ1) is 30.6. The van der Waals surface area contributed by atoms with E-state index in [4.69, 9.17) is 34.7 Å². The smallest absolute Gasteiger partial charge is 0.323 e. The average molecular weight is 978 g/mol. The molecule has 0 N–H and O–H groups in total. The summed E-state index contributed by atoms with van der Waals surface area (Å²) in [6.45, 7) is 5.20. The Balaban J connectivity index is 4.52. The highest BCUT2D eigenvalue weighted by atomic mass is 32.1. The van der Waals surface area contributed by atoms with Gasteiger partial charge in [-0.15, -0.1) is 12.6 Å². The van der Waals surface area contributed by atoms with Gasteiger partial charge in [-0.25, -0.2) is 4.79 Å². The molecule has 0 aliphatic carbocycles. The zero-order valence-electron chi connectivity index (χ0n) is 40.5. The topological polar surface area (TPSA) is 86.7 Å². The van der Waals surface area contributed by atoms with Crippen LogP contribution >= 0.6 is 63.1 Å². The third kappa shape index (κ3) is 33.9. The van der Waals surface area contributed by atoms with Crippen molar-refractivity contribution >= 4 is 86.1 Å². The molecule has 3 atom stereocenters. The molecule has 0 aromatic carbocycles. The molecular formula is C52H96O6S5. The number of allylic oxidation sites excluding steroid dienone is 1. The second-order valence-electron chi connectivity index (χ2n) is 18.5. The molecule has 0 aliphatic heterocycles. The average Bonchev–Trinajstić information content (AvgIpc) is 3.28. The number of carbonyl (C=O) groups is 3. The Labute approximate surface area is 415 Å². The summed E-state index contributed by atoms with van der Waals surface area (Å²) in [5, 5.41) is -0.485. The van der Waals surface area contributed by atoms with Gasteiger partial charge in [-0.05, 0) is 25.7 Å². The van der Waals surface area contributed by atoms with E-state index < -0.39 is 26.5 Å². The van der Waals surface area contributed by atoms with Gasteiger partial charge in [0.25, 0.3) is 0 Å². The van der Waals surface area contributed by atoms with E-state index >= 15 is 0 Å². The van der Waals surface area contributed by atoms with Crippen molar-refractivity contribution in [2.45, 2.75) is 267 Å². The van der Waals surface area contributed by atoms with Gasteiger partial charge in [0.15, 0.2) is 5.12 Å². The number of carbonyl (C=O) groups excluding carboxylic acids is 4. The van der Waals surface area contributed by atoms with E-state index in [1.807, 2.05) is 5.94 Å². The van der Waals surface area contributed by atoms with Crippen molar-refractivity contribution in [2.75, 3.05) is 24.7 Å². The van der Waals surface area contributed by atoms with Crippen molar-refractivity contribution in [1.29, 1.82) is 0 Å². The normalized spacial score (nSPS) is 13.8. The Bertz CT molecular complexity index is 1170. The van der Waals surface area contributed by atoms with E-state index in [9.17, 15) is 19.2 Å². The van der Waals surface area contributed by atoms with Gasteiger partial charge in [-0.2, -0.15) is 50.5 Å². The third-order valence-electron chi connectivity index (χ3n) is 12.8. The minimum absolute atomic E-state index is 0.0230. The summed E-state index contributed by atoms with van der Waals surface area (Å²) >= 11 is 22.4. The van der Waals surface area contributed by atoms with Crippen LogP contribution in [0.25, 0.3) is 0 Å². The number of thiol groups is 5. The molecule has 0 bridgehead atoms. The Morgan fingerprint density at radius 1 is 0.476 bits per heavy atom. The number of rotatable bonds is 48. The summed E-state index contributed by atoms with van der Waals surface area (Å²) in [6, 6.07) is 0. The van der Waals surface area contributed by atoms with Gasteiger partial charge in [0, 0.05) is 29.4 Å². The van der Waals surface area contributed by atoms with Crippen molar-refractivity contribution < 1.29 is 28.7 Å². The van der Waals surface area contributed by atoms with Gasteiger partial charge >= 0.3 is 11.9 Å². The summed E-state index contributed by atoms with van der Waals surface area (Å²) in [6.07, 6.45) is 43.5. The molecule has 0 saturated heterocycles. The van der Waals surface area contributed by atoms with Gasteiger partial charge in [-0.3, -0.25) is 14.4 Å². The maximum atomic E-state index is 13.5. The molecule has 0 saturated carbocycles. The molecule has 6 nitrogen and oxygen atoms in total. The van der Waals surface area contributed by atoms with Crippen LogP contribution in [-0.2, 0) is 28.7 Å². The lowest BCUT2D eigenvalue weighted by Gasteiger charge is -2.34. The van der Waals surface area contributed by atoms with E-state index in [1.165, 1.54) is 167 Å². The van der Waals surface area contributed by atoms with E-state index in [0.29, 0.717) is 38.7 Å². The molecule has 0 fully saturated rings. The molecule has 0 amide bonds. The summed E-state index contributed by atoms with van der Waals surface area (Å²) < 4.78 is 8.97. The molecule has 11 heteroatoms. The Hall–Kier alpha value is -0.190. The first kappa shape index (κ1) is 62.8. The second kappa shape index (κ2) is 44.3. The maximum absolute atomic E-state index is 13.5. The minimum Gasteiger partial charge on any atom is -0.465 e. The Kier molecular flexibility index (Phi) is 44.2. The highest BCUT2D eigenvalue weighted by Gasteiger charge is 2.45. The quantitative estimate of drug-likeness (QED) is 0.0181. The fraction of sp³-hybridized carbons (Fsp3) is 0.904. The predicted octanol–water partition coefficient (Wildman–Crippen LogP) is 16.0. The zero-order chi connectivity index (χ0) is 46.7. The van der Waals surface area contributed by atoms with E-state index in [-0.39, 0.29) is 36.1 Å². The van der Waals surface area contributed by atoms with Crippen LogP contribution in [-0.4, -0.2) is 57.2 Å². The van der Waals surface area contributed by atoms with Gasteiger partial charge in [-0.1, -0.05) is 226 Å².